The highest BCUT2D eigenvalue weighted by atomic mass is 32.2. The lowest BCUT2D eigenvalue weighted by atomic mass is 9.84. The van der Waals surface area contributed by atoms with E-state index < -0.39 is 12.1 Å². The topological polar surface area (TPSA) is 87.3 Å². The third-order valence-corrected chi connectivity index (χ3v) is 7.79. The summed E-state index contributed by atoms with van der Waals surface area (Å²) >= 11 is 1.52. The lowest BCUT2D eigenvalue weighted by molar-refractivity contribution is -0.136. The molecule has 1 saturated carbocycles. The van der Waals surface area contributed by atoms with E-state index in [1.165, 1.54) is 31.0 Å². The quantitative estimate of drug-likeness (QED) is 0.452. The molecule has 4 rings (SSSR count). The largest absolute Gasteiger partial charge is 0.344 e. The third-order valence-electron chi connectivity index (χ3n) is 6.60. The molecule has 2 aromatic carbocycles. The molecule has 0 spiro atoms. The Balaban J connectivity index is 1.36. The van der Waals surface area contributed by atoms with E-state index in [4.69, 9.17) is 0 Å². The maximum absolute atomic E-state index is 13.3. The van der Waals surface area contributed by atoms with Crippen LogP contribution < -0.4 is 16.0 Å². The Morgan fingerprint density at radius 2 is 1.65 bits per heavy atom. The zero-order valence-electron chi connectivity index (χ0n) is 19.4. The van der Waals surface area contributed by atoms with Crippen LogP contribution in [0.15, 0.2) is 65.6 Å². The van der Waals surface area contributed by atoms with E-state index >= 15 is 0 Å². The summed E-state index contributed by atoms with van der Waals surface area (Å²) in [6.07, 6.45) is 7.31. The predicted octanol–water partition coefficient (Wildman–Crippen LogP) is 3.81. The second-order valence-corrected chi connectivity index (χ2v) is 10.4. The number of thioether (sulfide) groups is 1. The van der Waals surface area contributed by atoms with E-state index in [0.29, 0.717) is 25.2 Å². The van der Waals surface area contributed by atoms with Crippen LogP contribution in [-0.4, -0.2) is 35.2 Å². The zero-order valence-corrected chi connectivity index (χ0v) is 20.2. The van der Waals surface area contributed by atoms with Gasteiger partial charge in [0.1, 0.15) is 17.5 Å². The van der Waals surface area contributed by atoms with E-state index in [1.807, 2.05) is 60.7 Å². The molecule has 0 bridgehead atoms. The van der Waals surface area contributed by atoms with Crippen LogP contribution >= 0.6 is 11.8 Å². The Hall–Kier alpha value is -2.80. The SMILES string of the molecule is O=C(CCc1ccccc1)N[C@@H](CC1CCCCC1)C(=O)N[C@@H]1C(=O)N[C@@H]1Sc1ccccc1. The number of nitrogens with one attached hydrogen (secondary N) is 3. The first-order valence-corrected chi connectivity index (χ1v) is 13.1. The Morgan fingerprint density at radius 3 is 2.32 bits per heavy atom. The lowest BCUT2D eigenvalue weighted by Crippen LogP contribution is -2.69. The minimum Gasteiger partial charge on any atom is -0.344 e. The van der Waals surface area contributed by atoms with Crippen molar-refractivity contribution in [3.63, 3.8) is 0 Å². The van der Waals surface area contributed by atoms with Gasteiger partial charge in [0.2, 0.25) is 17.7 Å². The van der Waals surface area contributed by atoms with E-state index in [-0.39, 0.29) is 23.1 Å². The van der Waals surface area contributed by atoms with E-state index in [2.05, 4.69) is 16.0 Å². The highest BCUT2D eigenvalue weighted by Gasteiger charge is 2.42. The number of benzene rings is 2. The molecule has 34 heavy (non-hydrogen) atoms. The molecule has 2 aliphatic rings. The molecule has 3 atom stereocenters. The van der Waals surface area contributed by atoms with Gasteiger partial charge in [-0.15, -0.1) is 0 Å². The molecule has 0 aromatic heterocycles. The van der Waals surface area contributed by atoms with Crippen LogP contribution in [-0.2, 0) is 20.8 Å². The summed E-state index contributed by atoms with van der Waals surface area (Å²) in [4.78, 5) is 39.3. The summed E-state index contributed by atoms with van der Waals surface area (Å²) in [7, 11) is 0. The summed E-state index contributed by atoms with van der Waals surface area (Å²) in [5, 5.41) is 8.55. The van der Waals surface area contributed by atoms with Crippen molar-refractivity contribution in [1.82, 2.24) is 16.0 Å². The average Bonchev–Trinajstić information content (AvgIpc) is 2.87. The molecule has 1 heterocycles. The van der Waals surface area contributed by atoms with Crippen molar-refractivity contribution in [2.75, 3.05) is 0 Å². The molecule has 2 fully saturated rings. The summed E-state index contributed by atoms with van der Waals surface area (Å²) in [6, 6.07) is 18.4. The lowest BCUT2D eigenvalue weighted by Gasteiger charge is -2.37. The molecule has 3 amide bonds. The van der Waals surface area contributed by atoms with Gasteiger partial charge in [0.25, 0.3) is 0 Å². The fourth-order valence-electron chi connectivity index (χ4n) is 4.65. The number of β-lactam (4-membered cyclic amide) rings is 1. The Morgan fingerprint density at radius 1 is 0.971 bits per heavy atom. The van der Waals surface area contributed by atoms with Gasteiger partial charge >= 0.3 is 0 Å². The number of amides is 3. The second kappa shape index (κ2) is 12.1. The minimum atomic E-state index is -0.623. The van der Waals surface area contributed by atoms with Crippen LogP contribution in [0.5, 0.6) is 0 Å². The van der Waals surface area contributed by atoms with Crippen molar-refractivity contribution in [1.29, 1.82) is 0 Å². The Labute approximate surface area is 205 Å². The van der Waals surface area contributed by atoms with E-state index in [9.17, 15) is 14.4 Å². The Kier molecular flexibility index (Phi) is 8.63. The molecule has 1 aliphatic carbocycles. The van der Waals surface area contributed by atoms with Crippen LogP contribution in [0.2, 0.25) is 0 Å². The number of carbonyl (C=O) groups is 3. The van der Waals surface area contributed by atoms with Crippen molar-refractivity contribution in [3.05, 3.63) is 66.2 Å². The number of aryl methyl sites for hydroxylation is 1. The monoisotopic (exact) mass is 479 g/mol. The maximum atomic E-state index is 13.3. The van der Waals surface area contributed by atoms with Gasteiger partial charge < -0.3 is 16.0 Å². The van der Waals surface area contributed by atoms with Gasteiger partial charge in [-0.25, -0.2) is 0 Å². The molecule has 180 valence electrons. The first-order valence-electron chi connectivity index (χ1n) is 12.2. The normalized spacial score (nSPS) is 21.1. The second-order valence-electron chi connectivity index (χ2n) is 9.19. The van der Waals surface area contributed by atoms with Gasteiger partial charge in [0.05, 0.1) is 0 Å². The molecule has 2 aromatic rings. The number of rotatable bonds is 10. The predicted molar refractivity (Wildman–Crippen MR) is 134 cm³/mol. The van der Waals surface area contributed by atoms with Gasteiger partial charge in [-0.3, -0.25) is 14.4 Å². The van der Waals surface area contributed by atoms with Gasteiger partial charge in [-0.1, -0.05) is 92.4 Å². The van der Waals surface area contributed by atoms with Crippen molar-refractivity contribution in [2.24, 2.45) is 5.92 Å². The van der Waals surface area contributed by atoms with Crippen LogP contribution in [0.4, 0.5) is 0 Å². The van der Waals surface area contributed by atoms with E-state index in [1.54, 1.807) is 0 Å². The maximum Gasteiger partial charge on any atom is 0.246 e. The van der Waals surface area contributed by atoms with Crippen LogP contribution in [0, 0.1) is 5.92 Å². The molecular weight excluding hydrogens is 446 g/mol. The van der Waals surface area contributed by atoms with Crippen LogP contribution in [0.3, 0.4) is 0 Å². The number of hydrogen-bond donors (Lipinski definition) is 3. The van der Waals surface area contributed by atoms with Gasteiger partial charge in [0, 0.05) is 11.3 Å². The fraction of sp³-hybridized carbons (Fsp3) is 0.444. The number of carbonyl (C=O) groups excluding carboxylic acids is 3. The molecule has 7 heteroatoms. The minimum absolute atomic E-state index is 0.131. The molecule has 0 radical (unpaired) electrons. The van der Waals surface area contributed by atoms with Crippen LogP contribution in [0.25, 0.3) is 0 Å². The highest BCUT2D eigenvalue weighted by molar-refractivity contribution is 8.00. The summed E-state index contributed by atoms with van der Waals surface area (Å²) < 4.78 is 0. The van der Waals surface area contributed by atoms with Gasteiger partial charge in [0.15, 0.2) is 0 Å². The molecule has 6 nitrogen and oxygen atoms in total. The third kappa shape index (κ3) is 6.86. The van der Waals surface area contributed by atoms with Gasteiger partial charge in [-0.2, -0.15) is 0 Å². The summed E-state index contributed by atoms with van der Waals surface area (Å²) in [5.74, 6) is -0.164. The zero-order chi connectivity index (χ0) is 23.8. The first-order chi connectivity index (χ1) is 16.6. The standard InChI is InChI=1S/C27H33N3O3S/c31-23(17-16-19-10-4-1-5-11-19)28-22(18-20-12-6-2-7-13-20)25(32)29-24-26(33)30-27(24)34-21-14-8-3-9-15-21/h1,3-5,8-11,14-15,20,22,24,27H,2,6-7,12-13,16-18H2,(H,28,31)(H,29,32)(H,30,33)/t22-,24+,27+/m0/s1. The Bertz CT molecular complexity index is 964. The first kappa shape index (κ1) is 24.3. The smallest absolute Gasteiger partial charge is 0.246 e. The molecular formula is C27H33N3O3S. The average molecular weight is 480 g/mol. The fourth-order valence-corrected chi connectivity index (χ4v) is 5.76. The molecule has 3 N–H and O–H groups in total. The van der Waals surface area contributed by atoms with Crippen molar-refractivity contribution in [3.8, 4) is 0 Å². The number of hydrogen-bond acceptors (Lipinski definition) is 4. The van der Waals surface area contributed by atoms with Crippen molar-refractivity contribution in [2.45, 2.75) is 73.7 Å². The summed E-state index contributed by atoms with van der Waals surface area (Å²) in [6.45, 7) is 0. The molecule has 1 aliphatic heterocycles. The van der Waals surface area contributed by atoms with Gasteiger partial charge in [-0.05, 0) is 36.5 Å². The van der Waals surface area contributed by atoms with Crippen LogP contribution in [0.1, 0.15) is 50.5 Å². The van der Waals surface area contributed by atoms with Crippen molar-refractivity contribution < 1.29 is 14.4 Å². The molecule has 1 saturated heterocycles. The highest BCUT2D eigenvalue weighted by Crippen LogP contribution is 2.29. The van der Waals surface area contributed by atoms with E-state index in [0.717, 1.165) is 23.3 Å². The van der Waals surface area contributed by atoms with Crippen molar-refractivity contribution >= 4 is 29.5 Å². The molecule has 0 unspecified atom stereocenters. The summed E-state index contributed by atoms with van der Waals surface area (Å²) in [5.41, 5.74) is 1.10.